The van der Waals surface area contributed by atoms with Crippen molar-refractivity contribution in [1.29, 1.82) is 5.26 Å². The SMILES string of the molecule is COC(=O)CCc1ccc2c(c1)C(C#N)CC2. The molecule has 0 aromatic heterocycles. The molecule has 0 saturated carbocycles. The van der Waals surface area contributed by atoms with Crippen LogP contribution in [0.4, 0.5) is 0 Å². The van der Waals surface area contributed by atoms with E-state index in [0.29, 0.717) is 12.8 Å². The summed E-state index contributed by atoms with van der Waals surface area (Å²) in [6, 6.07) is 8.53. The van der Waals surface area contributed by atoms with Gasteiger partial charge in [-0.25, -0.2) is 0 Å². The molecule has 0 N–H and O–H groups in total. The minimum absolute atomic E-state index is 0.0306. The first kappa shape index (κ1) is 11.7. The molecular weight excluding hydrogens is 214 g/mol. The Bertz CT molecular complexity index is 474. The zero-order chi connectivity index (χ0) is 12.3. The van der Waals surface area contributed by atoms with Crippen molar-refractivity contribution in [3.05, 3.63) is 34.9 Å². The zero-order valence-electron chi connectivity index (χ0n) is 9.90. The average molecular weight is 229 g/mol. The number of carbonyl (C=O) groups is 1. The van der Waals surface area contributed by atoms with Gasteiger partial charge in [-0.2, -0.15) is 5.26 Å². The summed E-state index contributed by atoms with van der Waals surface area (Å²) in [4.78, 5) is 11.1. The molecule has 3 nitrogen and oxygen atoms in total. The number of nitriles is 1. The van der Waals surface area contributed by atoms with Gasteiger partial charge in [-0.3, -0.25) is 4.79 Å². The third-order valence-corrected chi connectivity index (χ3v) is 3.29. The Labute approximate surface area is 101 Å². The van der Waals surface area contributed by atoms with E-state index in [0.717, 1.165) is 24.0 Å². The van der Waals surface area contributed by atoms with Gasteiger partial charge in [0, 0.05) is 6.42 Å². The van der Waals surface area contributed by atoms with Crippen molar-refractivity contribution in [2.45, 2.75) is 31.6 Å². The first-order chi connectivity index (χ1) is 8.24. The monoisotopic (exact) mass is 229 g/mol. The van der Waals surface area contributed by atoms with Crippen molar-refractivity contribution in [2.24, 2.45) is 0 Å². The molecule has 0 heterocycles. The second-order valence-electron chi connectivity index (χ2n) is 4.33. The summed E-state index contributed by atoms with van der Waals surface area (Å²) in [6.07, 6.45) is 2.99. The summed E-state index contributed by atoms with van der Waals surface area (Å²) in [5, 5.41) is 9.04. The molecule has 1 unspecified atom stereocenters. The van der Waals surface area contributed by atoms with Crippen molar-refractivity contribution in [1.82, 2.24) is 0 Å². The van der Waals surface area contributed by atoms with E-state index in [9.17, 15) is 4.79 Å². The predicted molar refractivity (Wildman–Crippen MR) is 63.5 cm³/mol. The Morgan fingerprint density at radius 1 is 1.59 bits per heavy atom. The highest BCUT2D eigenvalue weighted by atomic mass is 16.5. The van der Waals surface area contributed by atoms with E-state index in [2.05, 4.69) is 22.9 Å². The van der Waals surface area contributed by atoms with Gasteiger partial charge in [0.25, 0.3) is 0 Å². The molecule has 88 valence electrons. The predicted octanol–water partition coefficient (Wildman–Crippen LogP) is 2.35. The first-order valence-electron chi connectivity index (χ1n) is 5.82. The Hall–Kier alpha value is -1.82. The molecule has 1 atom stereocenters. The lowest BCUT2D eigenvalue weighted by Crippen LogP contribution is -2.02. The number of carbonyl (C=O) groups excluding carboxylic acids is 1. The van der Waals surface area contributed by atoms with Gasteiger partial charge in [-0.15, -0.1) is 0 Å². The van der Waals surface area contributed by atoms with Crippen LogP contribution in [-0.2, 0) is 22.4 Å². The second kappa shape index (κ2) is 5.01. The number of ether oxygens (including phenoxy) is 1. The number of methoxy groups -OCH3 is 1. The van der Waals surface area contributed by atoms with Crippen LogP contribution in [0.15, 0.2) is 18.2 Å². The fourth-order valence-electron chi connectivity index (χ4n) is 2.29. The fraction of sp³-hybridized carbons (Fsp3) is 0.429. The van der Waals surface area contributed by atoms with E-state index in [-0.39, 0.29) is 11.9 Å². The van der Waals surface area contributed by atoms with Crippen LogP contribution >= 0.6 is 0 Å². The maximum absolute atomic E-state index is 11.1. The van der Waals surface area contributed by atoms with Crippen molar-refractivity contribution in [3.8, 4) is 6.07 Å². The van der Waals surface area contributed by atoms with Crippen LogP contribution in [0.1, 0.15) is 35.4 Å². The Balaban J connectivity index is 2.11. The molecule has 1 aliphatic carbocycles. The van der Waals surface area contributed by atoms with E-state index in [4.69, 9.17) is 5.26 Å². The summed E-state index contributed by atoms with van der Waals surface area (Å²) in [6.45, 7) is 0. The lowest BCUT2D eigenvalue weighted by atomic mass is 9.98. The third-order valence-electron chi connectivity index (χ3n) is 3.29. The summed E-state index contributed by atoms with van der Waals surface area (Å²) >= 11 is 0. The molecule has 0 spiro atoms. The number of rotatable bonds is 3. The molecule has 0 aliphatic heterocycles. The molecule has 0 saturated heterocycles. The van der Waals surface area contributed by atoms with E-state index >= 15 is 0 Å². The molecule has 0 amide bonds. The number of nitrogens with zero attached hydrogens (tertiary/aromatic N) is 1. The summed E-state index contributed by atoms with van der Waals surface area (Å²) in [7, 11) is 1.40. The molecule has 1 aliphatic rings. The van der Waals surface area contributed by atoms with Crippen LogP contribution in [0.5, 0.6) is 0 Å². The standard InChI is InChI=1S/C14H15NO2/c1-17-14(16)7-3-10-2-4-11-5-6-12(9-15)13(11)8-10/h2,4,8,12H,3,5-7H2,1H3. The maximum Gasteiger partial charge on any atom is 0.305 e. The largest absolute Gasteiger partial charge is 0.469 e. The van der Waals surface area contributed by atoms with Crippen LogP contribution in [-0.4, -0.2) is 13.1 Å². The molecule has 1 aromatic rings. The van der Waals surface area contributed by atoms with Gasteiger partial charge in [0.05, 0.1) is 19.1 Å². The van der Waals surface area contributed by atoms with Gasteiger partial charge < -0.3 is 4.74 Å². The van der Waals surface area contributed by atoms with Crippen LogP contribution in [0.3, 0.4) is 0 Å². The molecule has 1 aromatic carbocycles. The second-order valence-corrected chi connectivity index (χ2v) is 4.33. The molecule has 0 radical (unpaired) electrons. The lowest BCUT2D eigenvalue weighted by Gasteiger charge is -2.06. The number of hydrogen-bond acceptors (Lipinski definition) is 3. The van der Waals surface area contributed by atoms with Crippen LogP contribution in [0, 0.1) is 11.3 Å². The first-order valence-corrected chi connectivity index (χ1v) is 5.82. The molecular formula is C14H15NO2. The van der Waals surface area contributed by atoms with Crippen molar-refractivity contribution in [3.63, 3.8) is 0 Å². The number of aryl methyl sites for hydroxylation is 2. The van der Waals surface area contributed by atoms with E-state index < -0.39 is 0 Å². The highest BCUT2D eigenvalue weighted by Crippen LogP contribution is 2.33. The summed E-state index contributed by atoms with van der Waals surface area (Å²) in [5.74, 6) is -0.162. The highest BCUT2D eigenvalue weighted by molar-refractivity contribution is 5.69. The van der Waals surface area contributed by atoms with Crippen molar-refractivity contribution >= 4 is 5.97 Å². The minimum Gasteiger partial charge on any atom is -0.469 e. The fourth-order valence-corrected chi connectivity index (χ4v) is 2.29. The smallest absolute Gasteiger partial charge is 0.305 e. The van der Waals surface area contributed by atoms with Crippen LogP contribution in [0.2, 0.25) is 0 Å². The van der Waals surface area contributed by atoms with Crippen molar-refractivity contribution in [2.75, 3.05) is 7.11 Å². The normalized spacial score (nSPS) is 17.3. The molecule has 2 rings (SSSR count). The molecule has 3 heteroatoms. The number of esters is 1. The van der Waals surface area contributed by atoms with Crippen LogP contribution in [0.25, 0.3) is 0 Å². The lowest BCUT2D eigenvalue weighted by molar-refractivity contribution is -0.140. The minimum atomic E-state index is -0.192. The topological polar surface area (TPSA) is 50.1 Å². The molecule has 17 heavy (non-hydrogen) atoms. The quantitative estimate of drug-likeness (QED) is 0.747. The molecule has 0 fully saturated rings. The average Bonchev–Trinajstić information content (AvgIpc) is 2.78. The van der Waals surface area contributed by atoms with Gasteiger partial charge in [0.2, 0.25) is 0 Å². The summed E-state index contributed by atoms with van der Waals surface area (Å²) in [5.41, 5.74) is 3.53. The van der Waals surface area contributed by atoms with E-state index in [1.165, 1.54) is 12.7 Å². The van der Waals surface area contributed by atoms with Crippen LogP contribution < -0.4 is 0 Å². The Morgan fingerprint density at radius 3 is 3.12 bits per heavy atom. The third kappa shape index (κ3) is 2.47. The molecule has 0 bridgehead atoms. The number of benzene rings is 1. The van der Waals surface area contributed by atoms with E-state index in [1.807, 2.05) is 6.07 Å². The Kier molecular flexibility index (Phi) is 3.43. The maximum atomic E-state index is 11.1. The van der Waals surface area contributed by atoms with Gasteiger partial charge in [-0.05, 0) is 36.0 Å². The van der Waals surface area contributed by atoms with Gasteiger partial charge in [-0.1, -0.05) is 18.2 Å². The Morgan fingerprint density at radius 2 is 2.41 bits per heavy atom. The van der Waals surface area contributed by atoms with Gasteiger partial charge >= 0.3 is 5.97 Å². The van der Waals surface area contributed by atoms with Gasteiger partial charge in [0.1, 0.15) is 0 Å². The zero-order valence-corrected chi connectivity index (χ0v) is 9.90. The highest BCUT2D eigenvalue weighted by Gasteiger charge is 2.22. The van der Waals surface area contributed by atoms with Gasteiger partial charge in [0.15, 0.2) is 0 Å². The van der Waals surface area contributed by atoms with E-state index in [1.54, 1.807) is 0 Å². The van der Waals surface area contributed by atoms with Crippen molar-refractivity contribution < 1.29 is 9.53 Å². The number of hydrogen-bond donors (Lipinski definition) is 0. The number of fused-ring (bicyclic) bond motifs is 1. The summed E-state index contributed by atoms with van der Waals surface area (Å²) < 4.78 is 4.62.